The van der Waals surface area contributed by atoms with E-state index >= 15 is 0 Å². The van der Waals surface area contributed by atoms with Crippen LogP contribution in [0.25, 0.3) is 0 Å². The summed E-state index contributed by atoms with van der Waals surface area (Å²) in [6, 6.07) is -0.858. The minimum absolute atomic E-state index is 0.106. The van der Waals surface area contributed by atoms with Gasteiger partial charge in [-0.3, -0.25) is 33.7 Å². The van der Waals surface area contributed by atoms with Crippen molar-refractivity contribution in [2.45, 2.75) is 72.8 Å². The van der Waals surface area contributed by atoms with E-state index in [2.05, 4.69) is 21.3 Å². The lowest BCUT2D eigenvalue weighted by molar-refractivity contribution is -0.140. The molecule has 1 rings (SSSR count). The number of likely N-dealkylation sites (tertiary alicyclic amines) is 1. The summed E-state index contributed by atoms with van der Waals surface area (Å²) in [7, 11) is 0. The zero-order valence-electron chi connectivity index (χ0n) is 21.6. The van der Waals surface area contributed by atoms with E-state index in [9.17, 15) is 28.8 Å². The van der Waals surface area contributed by atoms with Gasteiger partial charge in [-0.05, 0) is 31.6 Å². The van der Waals surface area contributed by atoms with Gasteiger partial charge >= 0.3 is 0 Å². The molecule has 11 nitrogen and oxygen atoms in total. The van der Waals surface area contributed by atoms with Gasteiger partial charge in [-0.1, -0.05) is 34.1 Å². The van der Waals surface area contributed by atoms with Gasteiger partial charge < -0.3 is 21.3 Å². The van der Waals surface area contributed by atoms with Crippen LogP contribution >= 0.6 is 0 Å². The molecule has 0 aliphatic carbocycles. The molecule has 4 N–H and O–H groups in total. The van der Waals surface area contributed by atoms with E-state index in [0.717, 1.165) is 0 Å². The zero-order valence-corrected chi connectivity index (χ0v) is 21.6. The molecule has 0 radical (unpaired) electrons. The fourth-order valence-electron chi connectivity index (χ4n) is 3.52. The number of nitrogens with one attached hydrogen (secondary N) is 4. The van der Waals surface area contributed by atoms with Crippen LogP contribution in [0, 0.1) is 17.8 Å². The number of carbonyl (C=O) groups is 6. The Labute approximate surface area is 207 Å². The van der Waals surface area contributed by atoms with Crippen molar-refractivity contribution in [1.82, 2.24) is 26.2 Å². The second-order valence-corrected chi connectivity index (χ2v) is 9.73. The molecule has 0 aromatic heterocycles. The molecule has 1 fully saturated rings. The number of imide groups is 1. The van der Waals surface area contributed by atoms with Crippen molar-refractivity contribution in [2.75, 3.05) is 26.2 Å². The summed E-state index contributed by atoms with van der Waals surface area (Å²) in [5.74, 6) is -1.66. The first kappa shape index (κ1) is 30.1. The molecule has 0 spiro atoms. The van der Waals surface area contributed by atoms with E-state index < -0.39 is 17.9 Å². The average Bonchev–Trinajstić information content (AvgIpc) is 3.07. The second kappa shape index (κ2) is 15.1. The Morgan fingerprint density at radius 1 is 0.857 bits per heavy atom. The smallest absolute Gasteiger partial charge is 0.242 e. The summed E-state index contributed by atoms with van der Waals surface area (Å²) in [4.78, 5) is 73.2. The predicted octanol–water partition coefficient (Wildman–Crippen LogP) is 0.0872. The van der Waals surface area contributed by atoms with Crippen LogP contribution in [0.2, 0.25) is 0 Å². The van der Waals surface area contributed by atoms with Crippen molar-refractivity contribution in [3.8, 4) is 0 Å². The fourth-order valence-corrected chi connectivity index (χ4v) is 3.52. The molecule has 1 aliphatic rings. The van der Waals surface area contributed by atoms with Gasteiger partial charge in [-0.2, -0.15) is 0 Å². The molecule has 1 aliphatic heterocycles. The summed E-state index contributed by atoms with van der Waals surface area (Å²) in [5, 5.41) is 10.1. The van der Waals surface area contributed by atoms with Crippen molar-refractivity contribution in [3.05, 3.63) is 0 Å². The van der Waals surface area contributed by atoms with Crippen LogP contribution in [0.1, 0.15) is 66.7 Å². The Kier molecular flexibility index (Phi) is 13.0. The highest BCUT2D eigenvalue weighted by Gasteiger charge is 2.39. The van der Waals surface area contributed by atoms with E-state index in [1.54, 1.807) is 0 Å². The number of hydrogen-bond acceptors (Lipinski definition) is 6. The van der Waals surface area contributed by atoms with E-state index in [1.165, 1.54) is 11.8 Å². The van der Waals surface area contributed by atoms with Crippen LogP contribution in [-0.4, -0.2) is 72.6 Å². The Morgan fingerprint density at radius 3 is 2.11 bits per heavy atom. The number of nitrogens with zero attached hydrogens (tertiary/aromatic N) is 1. The Balaban J connectivity index is 2.17. The molecular formula is C24H41N5O6. The number of hydrogen-bond donors (Lipinski definition) is 4. The molecule has 1 saturated heterocycles. The standard InChI is InChI=1S/C24H41N5O6/c1-15(2)12-25-20(31)13-27-23(34)17(5)28-21(32)14-26-19(30)9-7-6-8-10-29-22(33)11-18(16(3)4)24(29)35/h15-18H,6-14H2,1-5H3,(H,25,31)(H,26,30)(H,27,34)(H,28,32). The van der Waals surface area contributed by atoms with E-state index in [-0.39, 0.29) is 61.4 Å². The first-order valence-corrected chi connectivity index (χ1v) is 12.4. The highest BCUT2D eigenvalue weighted by molar-refractivity contribution is 6.03. The third-order valence-electron chi connectivity index (χ3n) is 5.72. The predicted molar refractivity (Wildman–Crippen MR) is 130 cm³/mol. The number of rotatable bonds is 15. The van der Waals surface area contributed by atoms with Gasteiger partial charge in [0.05, 0.1) is 13.1 Å². The van der Waals surface area contributed by atoms with Crippen LogP contribution in [0.5, 0.6) is 0 Å². The maximum atomic E-state index is 12.3. The zero-order chi connectivity index (χ0) is 26.5. The second-order valence-electron chi connectivity index (χ2n) is 9.73. The normalized spacial score (nSPS) is 16.4. The van der Waals surface area contributed by atoms with E-state index in [0.29, 0.717) is 38.3 Å². The molecule has 11 heteroatoms. The van der Waals surface area contributed by atoms with Crippen molar-refractivity contribution < 1.29 is 28.8 Å². The summed E-state index contributed by atoms with van der Waals surface area (Å²) < 4.78 is 0. The maximum Gasteiger partial charge on any atom is 0.242 e. The van der Waals surface area contributed by atoms with E-state index in [1.807, 2.05) is 27.7 Å². The number of amides is 6. The van der Waals surface area contributed by atoms with Crippen LogP contribution in [0.15, 0.2) is 0 Å². The SMILES string of the molecule is CC(C)CNC(=O)CNC(=O)C(C)NC(=O)CNC(=O)CCCCCN1C(=O)CC(C(C)C)C1=O. The van der Waals surface area contributed by atoms with Gasteiger partial charge in [0.1, 0.15) is 6.04 Å². The fraction of sp³-hybridized carbons (Fsp3) is 0.750. The monoisotopic (exact) mass is 495 g/mol. The van der Waals surface area contributed by atoms with Crippen molar-refractivity contribution in [2.24, 2.45) is 17.8 Å². The first-order chi connectivity index (χ1) is 16.4. The lowest BCUT2D eigenvalue weighted by Crippen LogP contribution is -2.49. The maximum absolute atomic E-state index is 12.3. The minimum Gasteiger partial charge on any atom is -0.354 e. The molecular weight excluding hydrogens is 454 g/mol. The molecule has 0 bridgehead atoms. The molecule has 0 aromatic rings. The molecule has 1 heterocycles. The van der Waals surface area contributed by atoms with Crippen molar-refractivity contribution >= 4 is 35.4 Å². The van der Waals surface area contributed by atoms with Gasteiger partial charge in [0.25, 0.3) is 0 Å². The van der Waals surface area contributed by atoms with Crippen molar-refractivity contribution in [3.63, 3.8) is 0 Å². The summed E-state index contributed by atoms with van der Waals surface area (Å²) >= 11 is 0. The average molecular weight is 496 g/mol. The summed E-state index contributed by atoms with van der Waals surface area (Å²) in [6.45, 7) is 9.70. The van der Waals surface area contributed by atoms with E-state index in [4.69, 9.17) is 0 Å². The quantitative estimate of drug-likeness (QED) is 0.186. The first-order valence-electron chi connectivity index (χ1n) is 12.4. The number of carbonyl (C=O) groups excluding carboxylic acids is 6. The van der Waals surface area contributed by atoms with Crippen LogP contribution in [-0.2, 0) is 28.8 Å². The molecule has 2 atom stereocenters. The molecule has 2 unspecified atom stereocenters. The third kappa shape index (κ3) is 11.3. The molecule has 0 saturated carbocycles. The van der Waals surface area contributed by atoms with Gasteiger partial charge in [-0.15, -0.1) is 0 Å². The Bertz CT molecular complexity index is 782. The Hall–Kier alpha value is -2.98. The third-order valence-corrected chi connectivity index (χ3v) is 5.72. The lowest BCUT2D eigenvalue weighted by Gasteiger charge is -2.16. The highest BCUT2D eigenvalue weighted by Crippen LogP contribution is 2.26. The van der Waals surface area contributed by atoms with Crippen molar-refractivity contribution in [1.29, 1.82) is 0 Å². The van der Waals surface area contributed by atoms with Crippen LogP contribution in [0.4, 0.5) is 0 Å². The summed E-state index contributed by atoms with van der Waals surface area (Å²) in [5.41, 5.74) is 0. The van der Waals surface area contributed by atoms with Crippen LogP contribution in [0.3, 0.4) is 0 Å². The molecule has 0 aromatic carbocycles. The molecule has 198 valence electrons. The summed E-state index contributed by atoms with van der Waals surface area (Å²) in [6.07, 6.45) is 2.35. The van der Waals surface area contributed by atoms with Gasteiger partial charge in [0.2, 0.25) is 35.4 Å². The van der Waals surface area contributed by atoms with Crippen LogP contribution < -0.4 is 21.3 Å². The van der Waals surface area contributed by atoms with Gasteiger partial charge in [0, 0.05) is 31.8 Å². The highest BCUT2D eigenvalue weighted by atomic mass is 16.2. The largest absolute Gasteiger partial charge is 0.354 e. The Morgan fingerprint density at radius 2 is 1.51 bits per heavy atom. The van der Waals surface area contributed by atoms with Gasteiger partial charge in [-0.25, -0.2) is 0 Å². The molecule has 35 heavy (non-hydrogen) atoms. The number of unbranched alkanes of at least 4 members (excludes halogenated alkanes) is 2. The van der Waals surface area contributed by atoms with Gasteiger partial charge in [0.15, 0.2) is 0 Å². The topological polar surface area (TPSA) is 154 Å². The lowest BCUT2D eigenvalue weighted by atomic mass is 9.94. The molecule has 6 amide bonds. The minimum atomic E-state index is -0.858.